The molecule has 0 bridgehead atoms. The predicted molar refractivity (Wildman–Crippen MR) is 454 cm³/mol. The first-order valence-electron chi connectivity index (χ1n) is 37.3. The van der Waals surface area contributed by atoms with Crippen molar-refractivity contribution in [3.8, 4) is 101 Å². The SMILES string of the molecule is CC(C)(C)c1ccc(-c2cc(-c3ccc(C(C)(C)C)cc3)nc(-c3ccc(-c4[c-]cccc4)nc3)n2)cc1.CC(C)(C)c1ccc(-c2cc(-c3ccc(C(C)(C)C)cc3)nc(Cl)n2)cc1.CC1(C)OB(c2ccc(-c3[c-]cccc3)nc2)OC1(C)C.[Ir+3].[Ir].[c-]1ccccc1-c1ccccn1.[c-]1ccccc1-c1ccccn1. The summed E-state index contributed by atoms with van der Waals surface area (Å²) in [6.45, 7) is 34.8. The van der Waals surface area contributed by atoms with E-state index in [9.17, 15) is 0 Å². The predicted octanol–water partition coefficient (Wildman–Crippen LogP) is 23.9. The van der Waals surface area contributed by atoms with Crippen LogP contribution in [0.3, 0.4) is 0 Å². The first-order valence-corrected chi connectivity index (χ1v) is 37.7. The fourth-order valence-corrected chi connectivity index (χ4v) is 12.0. The van der Waals surface area contributed by atoms with Gasteiger partial charge in [-0.25, -0.2) is 19.9 Å². The van der Waals surface area contributed by atoms with Crippen LogP contribution >= 0.6 is 11.6 Å². The summed E-state index contributed by atoms with van der Waals surface area (Å²) in [5.74, 6) is 0.661. The summed E-state index contributed by atoms with van der Waals surface area (Å²) in [7, 11) is -0.365. The molecule has 0 N–H and O–H groups in total. The molecule has 1 aliphatic heterocycles. The Bertz CT molecular complexity index is 4910. The Morgan fingerprint density at radius 2 is 0.598 bits per heavy atom. The topological polar surface area (TPSA) is 122 Å². The summed E-state index contributed by atoms with van der Waals surface area (Å²) in [6, 6.07) is 102. The Morgan fingerprint density at radius 3 is 0.857 bits per heavy atom. The van der Waals surface area contributed by atoms with Gasteiger partial charge in [0.2, 0.25) is 5.28 Å². The maximum absolute atomic E-state index is 6.24. The van der Waals surface area contributed by atoms with Crippen LogP contribution in [0.2, 0.25) is 5.28 Å². The third-order valence-corrected chi connectivity index (χ3v) is 19.4. The van der Waals surface area contributed by atoms with E-state index in [1.807, 2.05) is 204 Å². The van der Waals surface area contributed by atoms with Crippen LogP contribution in [0.1, 0.15) is 133 Å². The van der Waals surface area contributed by atoms with Gasteiger partial charge in [-0.15, -0.1) is 144 Å². The maximum atomic E-state index is 6.24. The van der Waals surface area contributed by atoms with Gasteiger partial charge in [0.25, 0.3) is 0 Å². The number of nitrogens with zero attached hydrogens (tertiary/aromatic N) is 8. The van der Waals surface area contributed by atoms with Crippen molar-refractivity contribution in [1.29, 1.82) is 0 Å². The largest absolute Gasteiger partial charge is 3.00 e. The van der Waals surface area contributed by atoms with Crippen LogP contribution in [0, 0.1) is 24.3 Å². The van der Waals surface area contributed by atoms with Gasteiger partial charge in [0.1, 0.15) is 0 Å². The van der Waals surface area contributed by atoms with Crippen molar-refractivity contribution in [2.75, 3.05) is 0 Å². The molecule has 0 unspecified atom stereocenters. The van der Waals surface area contributed by atoms with E-state index < -0.39 is 0 Å². The molecule has 0 saturated carbocycles. The number of hydrogen-bond acceptors (Lipinski definition) is 10. The van der Waals surface area contributed by atoms with E-state index in [-0.39, 0.29) is 85.5 Å². The van der Waals surface area contributed by atoms with E-state index in [4.69, 9.17) is 35.9 Å². The Labute approximate surface area is 696 Å². The molecule has 10 nitrogen and oxygen atoms in total. The molecule has 1 radical (unpaired) electrons. The Hall–Kier alpha value is -9.91. The molecule has 0 atom stereocenters. The molecule has 8 aromatic carbocycles. The maximum Gasteiger partial charge on any atom is 3.00 e. The third kappa shape index (κ3) is 23.4. The molecule has 14 aromatic rings. The monoisotopic (exact) mass is 1850 g/mol. The zero-order chi connectivity index (χ0) is 78.3. The van der Waals surface area contributed by atoms with Gasteiger partial charge in [0.05, 0.1) is 34.0 Å². The fourth-order valence-electron chi connectivity index (χ4n) is 11.8. The molecular weight excluding hydrogens is 1750 g/mol. The number of rotatable bonds is 10. The van der Waals surface area contributed by atoms with Gasteiger partial charge in [0.15, 0.2) is 5.82 Å². The van der Waals surface area contributed by atoms with E-state index in [0.29, 0.717) is 5.82 Å². The van der Waals surface area contributed by atoms with Crippen LogP contribution in [-0.2, 0) is 71.2 Å². The van der Waals surface area contributed by atoms with Crippen molar-refractivity contribution >= 4 is 24.2 Å². The average Bonchev–Trinajstić information content (AvgIpc) is 1.57. The van der Waals surface area contributed by atoms with Crippen molar-refractivity contribution in [3.63, 3.8) is 0 Å². The molecule has 14 heteroatoms. The van der Waals surface area contributed by atoms with Crippen molar-refractivity contribution < 1.29 is 49.5 Å². The second kappa shape index (κ2) is 38.1. The standard InChI is InChI=1S/C35H34N3.C24H27ClN2.C17H19BNO2.2C11H8N.2Ir/c1-34(2,3)28-17-12-25(13-18-28)31-22-32(26-14-19-29(20-15-26)35(4,5)6)38-33(37-31)27-16-21-30(36-23-27)24-10-8-7-9-11-24;1-23(2,3)18-11-7-16(8-12-18)20-15-21(27-22(25)26-20)17-9-13-19(14-10-17)24(4,5)6;1-16(2)17(3,4)21-18(20-16)14-10-11-15(19-12-14)13-8-6-5-7-9-13;2*1-2-6-10(7-3-1)11-8-4-5-9-12-11;;/h7-10,12-23H,1-6H3;7-15H,1-6H3;5-8,10-12H,1-4H3;2*1-6,8-9H;;/q-1;;3*-1;;+3. The van der Waals surface area contributed by atoms with E-state index >= 15 is 0 Å². The van der Waals surface area contributed by atoms with Gasteiger partial charge in [-0.3, -0.25) is 0 Å². The van der Waals surface area contributed by atoms with Crippen molar-refractivity contribution in [2.45, 2.75) is 144 Å². The van der Waals surface area contributed by atoms with Gasteiger partial charge in [-0.05, 0) is 136 Å². The van der Waals surface area contributed by atoms with E-state index in [2.05, 4.69) is 235 Å². The third-order valence-electron chi connectivity index (χ3n) is 19.2. The van der Waals surface area contributed by atoms with Gasteiger partial charge in [0, 0.05) is 72.7 Å². The number of halogens is 1. The minimum atomic E-state index is -0.365. The number of pyridine rings is 4. The van der Waals surface area contributed by atoms with Gasteiger partial charge < -0.3 is 29.2 Å². The van der Waals surface area contributed by atoms with Crippen LogP contribution in [0.15, 0.2) is 292 Å². The fraction of sp³-hybridized carbons (Fsp3) is 0.224. The van der Waals surface area contributed by atoms with E-state index in [0.717, 1.165) is 101 Å². The molecule has 6 aromatic heterocycles. The first kappa shape index (κ1) is 86.1. The Kier molecular flexibility index (Phi) is 29.3. The molecule has 7 heterocycles. The van der Waals surface area contributed by atoms with Gasteiger partial charge in [-0.1, -0.05) is 229 Å². The summed E-state index contributed by atoms with van der Waals surface area (Å²) >= 11 is 6.24. The number of benzene rings is 8. The molecule has 1 fully saturated rings. The molecule has 0 aliphatic carbocycles. The zero-order valence-corrected chi connectivity index (χ0v) is 72.3. The van der Waals surface area contributed by atoms with Gasteiger partial charge in [-0.2, -0.15) is 0 Å². The van der Waals surface area contributed by atoms with E-state index in [1.165, 1.54) is 22.3 Å². The second-order valence-electron chi connectivity index (χ2n) is 32.2. The van der Waals surface area contributed by atoms with Crippen LogP contribution in [0.4, 0.5) is 0 Å². The molecule has 0 amide bonds. The molecule has 1 saturated heterocycles. The minimum Gasteiger partial charge on any atom is -0.399 e. The normalized spacial score (nSPS) is 12.8. The zero-order valence-electron chi connectivity index (χ0n) is 66.7. The summed E-state index contributed by atoms with van der Waals surface area (Å²) in [4.78, 5) is 36.5. The summed E-state index contributed by atoms with van der Waals surface area (Å²) in [6.07, 6.45) is 7.25. The summed E-state index contributed by atoms with van der Waals surface area (Å²) < 4.78 is 12.1. The van der Waals surface area contributed by atoms with Crippen LogP contribution < -0.4 is 5.46 Å². The molecule has 569 valence electrons. The smallest absolute Gasteiger partial charge is 0.399 e. The Morgan fingerprint density at radius 1 is 0.312 bits per heavy atom. The molecular formula is C98H96BClIr2N8O2-. The Balaban J connectivity index is 0.000000171. The van der Waals surface area contributed by atoms with Crippen LogP contribution in [-0.4, -0.2) is 58.2 Å². The van der Waals surface area contributed by atoms with Crippen LogP contribution in [0.25, 0.3) is 101 Å². The quantitative estimate of drug-likeness (QED) is 0.0743. The second-order valence-corrected chi connectivity index (χ2v) is 32.5. The van der Waals surface area contributed by atoms with Crippen molar-refractivity contribution in [1.82, 2.24) is 39.9 Å². The molecule has 1 aliphatic rings. The molecule has 112 heavy (non-hydrogen) atoms. The van der Waals surface area contributed by atoms with Crippen molar-refractivity contribution in [3.05, 3.63) is 344 Å². The van der Waals surface area contributed by atoms with E-state index in [1.54, 1.807) is 12.4 Å². The average molecular weight is 1850 g/mol. The number of aromatic nitrogens is 8. The minimum absolute atomic E-state index is 0. The first-order chi connectivity index (χ1) is 52.4. The molecule has 0 spiro atoms. The molecule has 15 rings (SSSR count). The van der Waals surface area contributed by atoms with Crippen LogP contribution in [0.5, 0.6) is 0 Å². The van der Waals surface area contributed by atoms with Crippen molar-refractivity contribution in [2.24, 2.45) is 0 Å². The van der Waals surface area contributed by atoms with Gasteiger partial charge >= 0.3 is 27.2 Å². The summed E-state index contributed by atoms with van der Waals surface area (Å²) in [5, 5.41) is 0.266. The number of hydrogen-bond donors (Lipinski definition) is 0. The summed E-state index contributed by atoms with van der Waals surface area (Å²) in [5.41, 5.74) is 22.2.